The number of pyridine rings is 1. The Hall–Kier alpha value is -1.38. The minimum absolute atomic E-state index is 0.0606. The second kappa shape index (κ2) is 4.03. The Morgan fingerprint density at radius 1 is 1.62 bits per heavy atom. The van der Waals surface area contributed by atoms with Gasteiger partial charge in [-0.05, 0) is 25.0 Å². The van der Waals surface area contributed by atoms with E-state index >= 15 is 0 Å². The van der Waals surface area contributed by atoms with Gasteiger partial charge in [-0.15, -0.1) is 0 Å². The number of carbonyl (C=O) groups is 1. The van der Waals surface area contributed by atoms with Gasteiger partial charge in [-0.2, -0.15) is 0 Å². The molecule has 1 unspecified atom stereocenters. The molecule has 0 aliphatic rings. The summed E-state index contributed by atoms with van der Waals surface area (Å²) in [5, 5.41) is 0. The van der Waals surface area contributed by atoms with Crippen molar-refractivity contribution >= 4 is 11.6 Å². The molecule has 1 rings (SSSR count). The van der Waals surface area contributed by atoms with Crippen LogP contribution in [0.4, 0.5) is 5.82 Å². The van der Waals surface area contributed by atoms with E-state index in [2.05, 4.69) is 4.98 Å². The number of nitrogens with two attached hydrogens (primary N) is 1. The molecule has 1 atom stereocenters. The normalized spacial score (nSPS) is 12.5. The first kappa shape index (κ1) is 9.71. The van der Waals surface area contributed by atoms with E-state index in [-0.39, 0.29) is 11.7 Å². The van der Waals surface area contributed by atoms with E-state index in [1.807, 2.05) is 13.0 Å². The van der Waals surface area contributed by atoms with Gasteiger partial charge in [-0.3, -0.25) is 4.79 Å². The average Bonchev–Trinajstić information content (AvgIpc) is 2.08. The van der Waals surface area contributed by atoms with Gasteiger partial charge < -0.3 is 5.73 Å². The summed E-state index contributed by atoms with van der Waals surface area (Å²) in [6.07, 6.45) is 2.46. The Morgan fingerprint density at radius 3 is 2.77 bits per heavy atom. The highest BCUT2D eigenvalue weighted by atomic mass is 16.1. The summed E-state index contributed by atoms with van der Waals surface area (Å²) < 4.78 is 0. The van der Waals surface area contributed by atoms with E-state index in [0.717, 1.165) is 12.0 Å². The zero-order chi connectivity index (χ0) is 9.84. The molecule has 1 aromatic rings. The molecular formula is C10H14N2O. The second-order valence-corrected chi connectivity index (χ2v) is 3.31. The molecule has 0 aliphatic heterocycles. The fourth-order valence-electron chi connectivity index (χ4n) is 1.05. The number of nitrogens with zero attached hydrogens (tertiary/aromatic N) is 1. The number of carbonyl (C=O) groups excluding carboxylic acids is 1. The largest absolute Gasteiger partial charge is 0.384 e. The lowest BCUT2D eigenvalue weighted by atomic mass is 9.99. The lowest BCUT2D eigenvalue weighted by molar-refractivity contribution is -0.120. The molecule has 0 saturated heterocycles. The molecule has 1 aromatic heterocycles. The van der Waals surface area contributed by atoms with Crippen LogP contribution in [-0.2, 0) is 11.2 Å². The molecule has 0 radical (unpaired) electrons. The quantitative estimate of drug-likeness (QED) is 0.761. The summed E-state index contributed by atoms with van der Waals surface area (Å²) in [6.45, 7) is 3.52. The average molecular weight is 178 g/mol. The van der Waals surface area contributed by atoms with E-state index < -0.39 is 0 Å². The van der Waals surface area contributed by atoms with Crippen LogP contribution in [-0.4, -0.2) is 10.8 Å². The number of ketones is 1. The maximum absolute atomic E-state index is 11.0. The summed E-state index contributed by atoms with van der Waals surface area (Å²) in [5.41, 5.74) is 6.49. The number of Topliss-reactive ketones (excluding diaryl/α,β-unsaturated/α-hetero) is 1. The number of hydrogen-bond acceptors (Lipinski definition) is 3. The fourth-order valence-corrected chi connectivity index (χ4v) is 1.05. The Morgan fingerprint density at radius 2 is 2.31 bits per heavy atom. The number of anilines is 1. The smallest absolute Gasteiger partial charge is 0.132 e. The molecule has 0 aliphatic carbocycles. The van der Waals surface area contributed by atoms with Crippen LogP contribution in [0.25, 0.3) is 0 Å². The van der Waals surface area contributed by atoms with E-state index in [4.69, 9.17) is 5.73 Å². The predicted molar refractivity (Wildman–Crippen MR) is 52.2 cm³/mol. The molecule has 0 aromatic carbocycles. The molecular weight excluding hydrogens is 164 g/mol. The van der Waals surface area contributed by atoms with Crippen molar-refractivity contribution in [2.45, 2.75) is 20.3 Å². The van der Waals surface area contributed by atoms with Crippen molar-refractivity contribution in [1.29, 1.82) is 0 Å². The zero-order valence-corrected chi connectivity index (χ0v) is 7.95. The minimum atomic E-state index is 0.0606. The first-order valence-corrected chi connectivity index (χ1v) is 4.30. The SMILES string of the molecule is CC(=O)C(C)Cc1ccc(N)nc1. The van der Waals surface area contributed by atoms with Crippen molar-refractivity contribution in [3.63, 3.8) is 0 Å². The van der Waals surface area contributed by atoms with Crippen LogP contribution >= 0.6 is 0 Å². The van der Waals surface area contributed by atoms with Crippen molar-refractivity contribution in [2.24, 2.45) is 5.92 Å². The topological polar surface area (TPSA) is 56.0 Å². The van der Waals surface area contributed by atoms with Gasteiger partial charge in [0.25, 0.3) is 0 Å². The van der Waals surface area contributed by atoms with E-state index in [1.54, 1.807) is 19.2 Å². The van der Waals surface area contributed by atoms with Crippen molar-refractivity contribution in [1.82, 2.24) is 4.98 Å². The molecule has 1 heterocycles. The van der Waals surface area contributed by atoms with Crippen LogP contribution in [0.1, 0.15) is 19.4 Å². The highest BCUT2D eigenvalue weighted by molar-refractivity contribution is 5.78. The molecule has 0 saturated carbocycles. The maximum atomic E-state index is 11.0. The van der Waals surface area contributed by atoms with Gasteiger partial charge in [-0.25, -0.2) is 4.98 Å². The molecule has 70 valence electrons. The molecule has 2 N–H and O–H groups in total. The number of nitrogen functional groups attached to an aromatic ring is 1. The van der Waals surface area contributed by atoms with Crippen molar-refractivity contribution < 1.29 is 4.79 Å². The van der Waals surface area contributed by atoms with E-state index in [9.17, 15) is 4.79 Å². The molecule has 0 amide bonds. The van der Waals surface area contributed by atoms with Gasteiger partial charge in [0.2, 0.25) is 0 Å². The number of rotatable bonds is 3. The van der Waals surface area contributed by atoms with Crippen molar-refractivity contribution in [3.8, 4) is 0 Å². The molecule has 3 nitrogen and oxygen atoms in total. The minimum Gasteiger partial charge on any atom is -0.384 e. The van der Waals surface area contributed by atoms with Gasteiger partial charge in [0.15, 0.2) is 0 Å². The lowest BCUT2D eigenvalue weighted by Crippen LogP contribution is -2.09. The van der Waals surface area contributed by atoms with Crippen LogP contribution in [0.15, 0.2) is 18.3 Å². The Balaban J connectivity index is 2.64. The third-order valence-electron chi connectivity index (χ3n) is 2.08. The summed E-state index contributed by atoms with van der Waals surface area (Å²) in [7, 11) is 0. The summed E-state index contributed by atoms with van der Waals surface area (Å²) in [4.78, 5) is 14.9. The molecule has 0 bridgehead atoms. The summed E-state index contributed by atoms with van der Waals surface area (Å²) in [6, 6.07) is 3.66. The third-order valence-corrected chi connectivity index (χ3v) is 2.08. The highest BCUT2D eigenvalue weighted by Gasteiger charge is 2.08. The maximum Gasteiger partial charge on any atom is 0.132 e. The standard InChI is InChI=1S/C10H14N2O/c1-7(8(2)13)5-9-3-4-10(11)12-6-9/h3-4,6-7H,5H2,1-2H3,(H2,11,12). The molecule has 13 heavy (non-hydrogen) atoms. The van der Waals surface area contributed by atoms with Gasteiger partial charge in [-0.1, -0.05) is 13.0 Å². The zero-order valence-electron chi connectivity index (χ0n) is 7.95. The van der Waals surface area contributed by atoms with Gasteiger partial charge in [0.1, 0.15) is 11.6 Å². The highest BCUT2D eigenvalue weighted by Crippen LogP contribution is 2.09. The first-order valence-electron chi connectivity index (χ1n) is 4.30. The molecule has 0 fully saturated rings. The second-order valence-electron chi connectivity index (χ2n) is 3.31. The van der Waals surface area contributed by atoms with E-state index in [1.165, 1.54) is 0 Å². The predicted octanol–water partition coefficient (Wildman–Crippen LogP) is 1.43. The monoisotopic (exact) mass is 178 g/mol. The summed E-state index contributed by atoms with van der Waals surface area (Å²) in [5.74, 6) is 0.779. The van der Waals surface area contributed by atoms with Crippen LogP contribution in [0, 0.1) is 5.92 Å². The number of hydrogen-bond donors (Lipinski definition) is 1. The molecule has 0 spiro atoms. The molecule has 3 heteroatoms. The lowest BCUT2D eigenvalue weighted by Gasteiger charge is -2.06. The first-order chi connectivity index (χ1) is 6.09. The van der Waals surface area contributed by atoms with Gasteiger partial charge >= 0.3 is 0 Å². The number of aromatic nitrogens is 1. The Kier molecular flexibility index (Phi) is 3.01. The van der Waals surface area contributed by atoms with Crippen molar-refractivity contribution in [2.75, 3.05) is 5.73 Å². The Labute approximate surface area is 78.0 Å². The van der Waals surface area contributed by atoms with Crippen LogP contribution in [0.2, 0.25) is 0 Å². The van der Waals surface area contributed by atoms with Crippen LogP contribution < -0.4 is 5.73 Å². The summed E-state index contributed by atoms with van der Waals surface area (Å²) >= 11 is 0. The fraction of sp³-hybridized carbons (Fsp3) is 0.400. The van der Waals surface area contributed by atoms with Crippen LogP contribution in [0.5, 0.6) is 0 Å². The van der Waals surface area contributed by atoms with Crippen molar-refractivity contribution in [3.05, 3.63) is 23.9 Å². The van der Waals surface area contributed by atoms with Gasteiger partial charge in [0, 0.05) is 12.1 Å². The van der Waals surface area contributed by atoms with Crippen LogP contribution in [0.3, 0.4) is 0 Å². The third kappa shape index (κ3) is 2.86. The van der Waals surface area contributed by atoms with Gasteiger partial charge in [0.05, 0.1) is 0 Å². The van der Waals surface area contributed by atoms with E-state index in [0.29, 0.717) is 5.82 Å². The Bertz CT molecular complexity index is 292.